The van der Waals surface area contributed by atoms with Crippen molar-refractivity contribution < 1.29 is 23.2 Å². The lowest BCUT2D eigenvalue weighted by molar-refractivity contribution is -0.131. The average Bonchev–Trinajstić information content (AvgIpc) is 3.46. The van der Waals surface area contributed by atoms with Gasteiger partial charge in [0.1, 0.15) is 0 Å². The first-order valence-electron chi connectivity index (χ1n) is 11.1. The van der Waals surface area contributed by atoms with Crippen molar-refractivity contribution in [3.05, 3.63) is 65.8 Å². The SMILES string of the molecule is COc1cc(CC2(CCC(=O)N(C)Cc3nc(-c4ccccc4)no3)CCC(=O)N2)ccc1F. The number of rotatable bonds is 9. The highest BCUT2D eigenvalue weighted by Crippen LogP contribution is 2.31. The number of halogens is 1. The van der Waals surface area contributed by atoms with Gasteiger partial charge in [-0.1, -0.05) is 41.6 Å². The summed E-state index contributed by atoms with van der Waals surface area (Å²) in [6.45, 7) is 0.188. The number of nitrogens with zero attached hydrogens (tertiary/aromatic N) is 3. The molecule has 0 bridgehead atoms. The molecular weight excluding hydrogens is 439 g/mol. The monoisotopic (exact) mass is 466 g/mol. The minimum Gasteiger partial charge on any atom is -0.494 e. The molecule has 1 saturated heterocycles. The van der Waals surface area contributed by atoms with Gasteiger partial charge >= 0.3 is 0 Å². The number of hydrogen-bond donors (Lipinski definition) is 1. The van der Waals surface area contributed by atoms with Gasteiger partial charge in [-0.3, -0.25) is 9.59 Å². The molecule has 34 heavy (non-hydrogen) atoms. The summed E-state index contributed by atoms with van der Waals surface area (Å²) >= 11 is 0. The van der Waals surface area contributed by atoms with E-state index in [9.17, 15) is 14.0 Å². The third-order valence-corrected chi connectivity index (χ3v) is 6.11. The van der Waals surface area contributed by atoms with Gasteiger partial charge in [-0.15, -0.1) is 0 Å². The number of carbonyl (C=O) groups excluding carboxylic acids is 2. The zero-order chi connectivity index (χ0) is 24.1. The normalized spacial score (nSPS) is 17.4. The van der Waals surface area contributed by atoms with E-state index in [1.165, 1.54) is 18.1 Å². The largest absolute Gasteiger partial charge is 0.494 e. The molecule has 9 heteroatoms. The van der Waals surface area contributed by atoms with Crippen LogP contribution in [-0.4, -0.2) is 46.6 Å². The maximum Gasteiger partial charge on any atom is 0.246 e. The summed E-state index contributed by atoms with van der Waals surface area (Å²) in [7, 11) is 3.09. The maximum absolute atomic E-state index is 13.8. The Morgan fingerprint density at radius 3 is 2.76 bits per heavy atom. The average molecular weight is 467 g/mol. The molecule has 8 nitrogen and oxygen atoms in total. The van der Waals surface area contributed by atoms with Crippen LogP contribution in [0.3, 0.4) is 0 Å². The van der Waals surface area contributed by atoms with Crippen molar-refractivity contribution in [2.45, 2.75) is 44.2 Å². The highest BCUT2D eigenvalue weighted by molar-refractivity contribution is 5.80. The summed E-state index contributed by atoms with van der Waals surface area (Å²) in [5.41, 5.74) is 1.10. The second-order valence-corrected chi connectivity index (χ2v) is 8.60. The fraction of sp³-hybridized carbons (Fsp3) is 0.360. The third-order valence-electron chi connectivity index (χ3n) is 6.11. The molecule has 2 heterocycles. The molecule has 1 N–H and O–H groups in total. The van der Waals surface area contributed by atoms with Crippen molar-refractivity contribution in [3.63, 3.8) is 0 Å². The van der Waals surface area contributed by atoms with Crippen LogP contribution < -0.4 is 10.1 Å². The van der Waals surface area contributed by atoms with Crippen LogP contribution in [0.25, 0.3) is 11.4 Å². The Morgan fingerprint density at radius 2 is 2.06 bits per heavy atom. The smallest absolute Gasteiger partial charge is 0.246 e. The Hall–Kier alpha value is -3.75. The molecule has 1 aliphatic rings. The third kappa shape index (κ3) is 5.41. The highest BCUT2D eigenvalue weighted by Gasteiger charge is 2.38. The van der Waals surface area contributed by atoms with E-state index >= 15 is 0 Å². The molecule has 1 aliphatic heterocycles. The van der Waals surface area contributed by atoms with E-state index in [1.54, 1.807) is 19.2 Å². The number of amides is 2. The number of nitrogens with one attached hydrogen (secondary N) is 1. The number of carbonyl (C=O) groups is 2. The molecule has 0 aliphatic carbocycles. The molecule has 0 radical (unpaired) electrons. The zero-order valence-electron chi connectivity index (χ0n) is 19.2. The zero-order valence-corrected chi connectivity index (χ0v) is 19.2. The maximum atomic E-state index is 13.8. The van der Waals surface area contributed by atoms with Gasteiger partial charge in [-0.05, 0) is 37.0 Å². The number of methoxy groups -OCH3 is 1. The van der Waals surface area contributed by atoms with E-state index in [2.05, 4.69) is 15.5 Å². The van der Waals surface area contributed by atoms with Gasteiger partial charge in [0.2, 0.25) is 23.5 Å². The first-order chi connectivity index (χ1) is 16.4. The standard InChI is InChI=1S/C25H27FN4O4/c1-30(16-22-27-24(29-34-22)18-6-4-3-5-7-18)23(32)11-13-25(12-10-21(31)28-25)15-17-8-9-19(26)20(14-17)33-2/h3-9,14H,10-13,15-16H2,1-2H3,(H,28,31). The first-order valence-corrected chi connectivity index (χ1v) is 11.1. The van der Waals surface area contributed by atoms with Crippen LogP contribution in [0.2, 0.25) is 0 Å². The van der Waals surface area contributed by atoms with Crippen LogP contribution in [0.4, 0.5) is 4.39 Å². The topological polar surface area (TPSA) is 97.6 Å². The van der Waals surface area contributed by atoms with Gasteiger partial charge in [0, 0.05) is 31.0 Å². The van der Waals surface area contributed by atoms with Crippen molar-refractivity contribution in [2.75, 3.05) is 14.2 Å². The second-order valence-electron chi connectivity index (χ2n) is 8.60. The number of aromatic nitrogens is 2. The predicted molar refractivity (Wildman–Crippen MR) is 122 cm³/mol. The van der Waals surface area contributed by atoms with E-state index in [4.69, 9.17) is 9.26 Å². The van der Waals surface area contributed by atoms with Crippen LogP contribution in [0.15, 0.2) is 53.1 Å². The van der Waals surface area contributed by atoms with Crippen molar-refractivity contribution >= 4 is 11.8 Å². The Bertz CT molecular complexity index is 1170. The van der Waals surface area contributed by atoms with Gasteiger partial charge in [-0.25, -0.2) is 4.39 Å². The lowest BCUT2D eigenvalue weighted by atomic mass is 9.84. The molecule has 2 aromatic carbocycles. The Morgan fingerprint density at radius 1 is 1.26 bits per heavy atom. The molecule has 2 amide bonds. The highest BCUT2D eigenvalue weighted by atomic mass is 19.1. The number of ether oxygens (including phenoxy) is 1. The van der Waals surface area contributed by atoms with E-state index in [0.717, 1.165) is 11.1 Å². The van der Waals surface area contributed by atoms with Gasteiger partial charge in [-0.2, -0.15) is 4.98 Å². The van der Waals surface area contributed by atoms with Crippen LogP contribution in [0.1, 0.15) is 37.1 Å². The molecule has 178 valence electrons. The molecule has 3 aromatic rings. The van der Waals surface area contributed by atoms with Gasteiger partial charge in [0.25, 0.3) is 0 Å². The summed E-state index contributed by atoms with van der Waals surface area (Å²) < 4.78 is 24.2. The molecule has 0 saturated carbocycles. The van der Waals surface area contributed by atoms with E-state index < -0.39 is 11.4 Å². The lowest BCUT2D eigenvalue weighted by Gasteiger charge is -2.30. The van der Waals surface area contributed by atoms with Crippen molar-refractivity contribution in [2.24, 2.45) is 0 Å². The fourth-order valence-corrected chi connectivity index (χ4v) is 4.24. The van der Waals surface area contributed by atoms with Crippen LogP contribution in [-0.2, 0) is 22.6 Å². The van der Waals surface area contributed by atoms with Crippen molar-refractivity contribution in [1.82, 2.24) is 20.4 Å². The van der Waals surface area contributed by atoms with Crippen LogP contribution in [0.5, 0.6) is 5.75 Å². The summed E-state index contributed by atoms with van der Waals surface area (Å²) in [5.74, 6) is 0.382. The lowest BCUT2D eigenvalue weighted by Crippen LogP contribution is -2.44. The quantitative estimate of drug-likeness (QED) is 0.518. The predicted octanol–water partition coefficient (Wildman–Crippen LogP) is 3.51. The molecule has 1 atom stereocenters. The van der Waals surface area contributed by atoms with E-state index in [0.29, 0.717) is 37.4 Å². The summed E-state index contributed by atoms with van der Waals surface area (Å²) in [6, 6.07) is 14.1. The first kappa shape index (κ1) is 23.4. The fourth-order valence-electron chi connectivity index (χ4n) is 4.24. The minimum atomic E-state index is -0.568. The summed E-state index contributed by atoms with van der Waals surface area (Å²) in [4.78, 5) is 30.8. The van der Waals surface area contributed by atoms with Crippen molar-refractivity contribution in [1.29, 1.82) is 0 Å². The molecule has 4 rings (SSSR count). The Labute approximate surface area is 197 Å². The van der Waals surface area contributed by atoms with Crippen LogP contribution in [0, 0.1) is 5.82 Å². The Kier molecular flexibility index (Phi) is 6.90. The van der Waals surface area contributed by atoms with Gasteiger partial charge in [0.15, 0.2) is 11.6 Å². The molecule has 1 fully saturated rings. The molecule has 1 unspecified atom stereocenters. The van der Waals surface area contributed by atoms with Crippen LogP contribution >= 0.6 is 0 Å². The summed E-state index contributed by atoms with van der Waals surface area (Å²) in [6.07, 6.45) is 2.17. The van der Waals surface area contributed by atoms with Crippen molar-refractivity contribution in [3.8, 4) is 17.1 Å². The van der Waals surface area contributed by atoms with Gasteiger partial charge in [0.05, 0.1) is 13.7 Å². The van der Waals surface area contributed by atoms with Gasteiger partial charge < -0.3 is 19.5 Å². The minimum absolute atomic E-state index is 0.0471. The molecule has 0 spiro atoms. The van der Waals surface area contributed by atoms with E-state index in [-0.39, 0.29) is 30.5 Å². The Balaban J connectivity index is 1.38. The summed E-state index contributed by atoms with van der Waals surface area (Å²) in [5, 5.41) is 7.03. The number of hydrogen-bond acceptors (Lipinski definition) is 6. The molecular formula is C25H27FN4O4. The second kappa shape index (κ2) is 10.0. The molecule has 1 aromatic heterocycles. The van der Waals surface area contributed by atoms with E-state index in [1.807, 2.05) is 30.3 Å². The number of benzene rings is 2.